The number of rotatable bonds is 5. The predicted molar refractivity (Wildman–Crippen MR) is 63.3 cm³/mol. The van der Waals surface area contributed by atoms with E-state index in [0.29, 0.717) is 10.9 Å². The van der Waals surface area contributed by atoms with Gasteiger partial charge in [-0.3, -0.25) is 0 Å². The van der Waals surface area contributed by atoms with Crippen LogP contribution in [0.25, 0.3) is 0 Å². The minimum Gasteiger partial charge on any atom is -0.396 e. The molecule has 0 unspecified atom stereocenters. The average molecular weight is 282 g/mol. The number of hydrogen-bond acceptors (Lipinski definition) is 4. The SMILES string of the molecule is O=S(=O)(NCC1(CO)CC1)c1ccc(Cl)s1. The Morgan fingerprint density at radius 3 is 2.62 bits per heavy atom. The van der Waals surface area contributed by atoms with Crippen LogP contribution in [0.2, 0.25) is 4.34 Å². The monoisotopic (exact) mass is 281 g/mol. The van der Waals surface area contributed by atoms with Crippen molar-refractivity contribution in [2.45, 2.75) is 17.1 Å². The summed E-state index contributed by atoms with van der Waals surface area (Å²) in [7, 11) is -3.47. The van der Waals surface area contributed by atoms with Gasteiger partial charge in [-0.25, -0.2) is 13.1 Å². The van der Waals surface area contributed by atoms with Crippen LogP contribution in [-0.2, 0) is 10.0 Å². The molecule has 1 aromatic rings. The van der Waals surface area contributed by atoms with Crippen molar-refractivity contribution >= 4 is 33.0 Å². The first-order valence-electron chi connectivity index (χ1n) is 4.83. The Hall–Kier alpha value is -0.140. The van der Waals surface area contributed by atoms with Crippen LogP contribution in [0.1, 0.15) is 12.8 Å². The molecule has 0 amide bonds. The number of halogens is 1. The summed E-state index contributed by atoms with van der Waals surface area (Å²) in [4.78, 5) is 0. The zero-order valence-corrected chi connectivity index (χ0v) is 10.8. The largest absolute Gasteiger partial charge is 0.396 e. The van der Waals surface area contributed by atoms with E-state index in [1.165, 1.54) is 6.07 Å². The second kappa shape index (κ2) is 4.27. The first-order chi connectivity index (χ1) is 7.47. The molecule has 1 heterocycles. The summed E-state index contributed by atoms with van der Waals surface area (Å²) in [6.45, 7) is 0.321. The summed E-state index contributed by atoms with van der Waals surface area (Å²) in [6, 6.07) is 3.04. The van der Waals surface area contributed by atoms with E-state index < -0.39 is 10.0 Å². The summed E-state index contributed by atoms with van der Waals surface area (Å²) in [5.74, 6) is 0. The van der Waals surface area contributed by atoms with E-state index in [-0.39, 0.29) is 16.2 Å². The molecule has 1 aromatic heterocycles. The van der Waals surface area contributed by atoms with Crippen LogP contribution < -0.4 is 4.72 Å². The number of aliphatic hydroxyl groups excluding tert-OH is 1. The predicted octanol–water partition coefficient (Wildman–Crippen LogP) is 1.45. The molecule has 4 nitrogen and oxygen atoms in total. The molecule has 1 aliphatic rings. The average Bonchev–Trinajstić information content (AvgIpc) is 2.91. The third-order valence-corrected chi connectivity index (χ3v) is 5.87. The number of nitrogens with one attached hydrogen (secondary N) is 1. The molecule has 2 N–H and O–H groups in total. The molecule has 7 heteroatoms. The van der Waals surface area contributed by atoms with Crippen molar-refractivity contribution in [1.82, 2.24) is 4.72 Å². The van der Waals surface area contributed by atoms with Gasteiger partial charge in [-0.1, -0.05) is 11.6 Å². The Morgan fingerprint density at radius 1 is 1.50 bits per heavy atom. The molecule has 0 atom stereocenters. The molecule has 0 spiro atoms. The molecule has 0 aliphatic heterocycles. The Morgan fingerprint density at radius 2 is 2.19 bits per heavy atom. The smallest absolute Gasteiger partial charge is 0.250 e. The molecule has 0 radical (unpaired) electrons. The molecule has 90 valence electrons. The van der Waals surface area contributed by atoms with Crippen molar-refractivity contribution in [3.8, 4) is 0 Å². The van der Waals surface area contributed by atoms with Crippen molar-refractivity contribution in [2.75, 3.05) is 13.2 Å². The third kappa shape index (κ3) is 2.57. The van der Waals surface area contributed by atoms with E-state index in [1.54, 1.807) is 6.07 Å². The van der Waals surface area contributed by atoms with Gasteiger partial charge in [0, 0.05) is 18.6 Å². The lowest BCUT2D eigenvalue weighted by molar-refractivity contribution is 0.213. The standard InChI is InChI=1S/C9H12ClNO3S2/c10-7-1-2-8(15-7)16(13,14)11-5-9(6-12)3-4-9/h1-2,11-12H,3-6H2. The summed E-state index contributed by atoms with van der Waals surface area (Å²) < 4.78 is 26.8. The van der Waals surface area contributed by atoms with Crippen LogP contribution in [0.15, 0.2) is 16.3 Å². The van der Waals surface area contributed by atoms with Crippen molar-refractivity contribution in [1.29, 1.82) is 0 Å². The molecule has 2 rings (SSSR count). The van der Waals surface area contributed by atoms with E-state index in [0.717, 1.165) is 24.2 Å². The van der Waals surface area contributed by atoms with Gasteiger partial charge in [0.1, 0.15) is 4.21 Å². The maximum Gasteiger partial charge on any atom is 0.250 e. The van der Waals surface area contributed by atoms with E-state index in [1.807, 2.05) is 0 Å². The van der Waals surface area contributed by atoms with Gasteiger partial charge in [-0.05, 0) is 25.0 Å². The van der Waals surface area contributed by atoms with Crippen LogP contribution in [0, 0.1) is 5.41 Å². The highest BCUT2D eigenvalue weighted by molar-refractivity contribution is 7.91. The summed E-state index contributed by atoms with van der Waals surface area (Å²) in [5.41, 5.74) is -0.228. The minimum absolute atomic E-state index is 0.0285. The number of thiophene rings is 1. The van der Waals surface area contributed by atoms with Gasteiger partial charge in [0.05, 0.1) is 4.34 Å². The van der Waals surface area contributed by atoms with Gasteiger partial charge >= 0.3 is 0 Å². The van der Waals surface area contributed by atoms with Crippen LogP contribution in [-0.4, -0.2) is 26.7 Å². The van der Waals surface area contributed by atoms with Gasteiger partial charge in [0.25, 0.3) is 0 Å². The maximum absolute atomic E-state index is 11.8. The molecular formula is C9H12ClNO3S2. The molecular weight excluding hydrogens is 270 g/mol. The maximum atomic E-state index is 11.8. The Kier molecular flexibility index (Phi) is 3.29. The van der Waals surface area contributed by atoms with E-state index >= 15 is 0 Å². The second-order valence-corrected chi connectivity index (χ2v) is 7.75. The van der Waals surface area contributed by atoms with Crippen LogP contribution in [0.5, 0.6) is 0 Å². The molecule has 0 bridgehead atoms. The van der Waals surface area contributed by atoms with E-state index in [9.17, 15) is 8.42 Å². The molecule has 1 aliphatic carbocycles. The van der Waals surface area contributed by atoms with Crippen LogP contribution >= 0.6 is 22.9 Å². The summed E-state index contributed by atoms with van der Waals surface area (Å²) >= 11 is 6.71. The van der Waals surface area contributed by atoms with Gasteiger partial charge < -0.3 is 5.11 Å². The quantitative estimate of drug-likeness (QED) is 0.858. The van der Waals surface area contributed by atoms with E-state index in [2.05, 4.69) is 4.72 Å². The summed E-state index contributed by atoms with van der Waals surface area (Å²) in [6.07, 6.45) is 1.74. The van der Waals surface area contributed by atoms with Crippen molar-refractivity contribution < 1.29 is 13.5 Å². The Balaban J connectivity index is 2.04. The fraction of sp³-hybridized carbons (Fsp3) is 0.556. The highest BCUT2D eigenvalue weighted by Crippen LogP contribution is 2.44. The second-order valence-electron chi connectivity index (χ2n) is 4.04. The molecule has 1 fully saturated rings. The summed E-state index contributed by atoms with van der Waals surface area (Å²) in [5, 5.41) is 9.07. The molecule has 1 saturated carbocycles. The lowest BCUT2D eigenvalue weighted by Gasteiger charge is -2.11. The first kappa shape index (κ1) is 12.3. The topological polar surface area (TPSA) is 66.4 Å². The van der Waals surface area contributed by atoms with Gasteiger partial charge in [-0.15, -0.1) is 11.3 Å². The van der Waals surface area contributed by atoms with Crippen LogP contribution in [0.3, 0.4) is 0 Å². The van der Waals surface area contributed by atoms with E-state index in [4.69, 9.17) is 16.7 Å². The number of sulfonamides is 1. The Labute approximate surface area is 103 Å². The first-order valence-corrected chi connectivity index (χ1v) is 7.51. The van der Waals surface area contributed by atoms with Crippen molar-refractivity contribution in [2.24, 2.45) is 5.41 Å². The van der Waals surface area contributed by atoms with Gasteiger partial charge in [0.2, 0.25) is 10.0 Å². The van der Waals surface area contributed by atoms with Crippen molar-refractivity contribution in [3.05, 3.63) is 16.5 Å². The van der Waals surface area contributed by atoms with Gasteiger partial charge in [-0.2, -0.15) is 0 Å². The molecule has 0 aromatic carbocycles. The van der Waals surface area contributed by atoms with Crippen LogP contribution in [0.4, 0.5) is 0 Å². The van der Waals surface area contributed by atoms with Gasteiger partial charge in [0.15, 0.2) is 0 Å². The lowest BCUT2D eigenvalue weighted by Crippen LogP contribution is -2.31. The third-order valence-electron chi connectivity index (χ3n) is 2.74. The lowest BCUT2D eigenvalue weighted by atomic mass is 10.1. The zero-order valence-electron chi connectivity index (χ0n) is 8.44. The zero-order chi connectivity index (χ0) is 11.8. The van der Waals surface area contributed by atoms with Crippen molar-refractivity contribution in [3.63, 3.8) is 0 Å². The highest BCUT2D eigenvalue weighted by atomic mass is 35.5. The molecule has 0 saturated heterocycles. The molecule has 16 heavy (non-hydrogen) atoms. The fourth-order valence-electron chi connectivity index (χ4n) is 1.33. The fourth-order valence-corrected chi connectivity index (χ4v) is 4.01. The Bertz CT molecular complexity index is 479. The number of hydrogen-bond donors (Lipinski definition) is 2. The highest BCUT2D eigenvalue weighted by Gasteiger charge is 2.42. The number of aliphatic hydroxyl groups is 1. The normalized spacial score (nSPS) is 18.6. The minimum atomic E-state index is -3.47.